The summed E-state index contributed by atoms with van der Waals surface area (Å²) in [5.74, 6) is -0.197. The zero-order valence-electron chi connectivity index (χ0n) is 6.28. The highest BCUT2D eigenvalue weighted by Gasteiger charge is 2.12. The highest BCUT2D eigenvalue weighted by molar-refractivity contribution is 7.88. The zero-order valence-corrected chi connectivity index (χ0v) is 7.10. The number of unbranched alkanes of at least 4 members (excludes halogenated alkanes) is 1. The summed E-state index contributed by atoms with van der Waals surface area (Å²) >= 11 is 0. The van der Waals surface area contributed by atoms with E-state index in [0.29, 0.717) is 12.2 Å². The van der Waals surface area contributed by atoms with Crippen molar-refractivity contribution in [2.24, 2.45) is 0 Å². The molecule has 0 amide bonds. The van der Waals surface area contributed by atoms with Gasteiger partial charge in [-0.1, -0.05) is 13.3 Å². The maximum atomic E-state index is 10.6. The summed E-state index contributed by atoms with van der Waals surface area (Å²) in [5.41, 5.74) is 0. The maximum absolute atomic E-state index is 10.6. The van der Waals surface area contributed by atoms with Crippen LogP contribution in [0.25, 0.3) is 0 Å². The van der Waals surface area contributed by atoms with Crippen LogP contribution in [0, 0.1) is 5.75 Å². The number of hydrogen-bond donors (Lipinski definition) is 1. The molecule has 11 heavy (non-hydrogen) atoms. The molecule has 0 aliphatic heterocycles. The van der Waals surface area contributed by atoms with Crippen molar-refractivity contribution in [2.75, 3.05) is 0 Å². The van der Waals surface area contributed by atoms with E-state index in [9.17, 15) is 13.2 Å². The van der Waals surface area contributed by atoms with Crippen LogP contribution in [0.15, 0.2) is 0 Å². The number of carbonyl (C=O) groups is 1. The summed E-state index contributed by atoms with van der Waals surface area (Å²) in [5, 5.41) is 0. The van der Waals surface area contributed by atoms with Crippen LogP contribution in [-0.4, -0.2) is 18.8 Å². The largest absolute Gasteiger partial charge is 0.298 e. The second-order valence-corrected chi connectivity index (χ2v) is 3.47. The maximum Gasteiger partial charge on any atom is 0.276 e. The van der Waals surface area contributed by atoms with Crippen molar-refractivity contribution in [3.05, 3.63) is 5.75 Å². The van der Waals surface area contributed by atoms with Gasteiger partial charge in [0.05, 0.1) is 0 Å². The molecule has 1 N–H and O–H groups in total. The first-order valence-corrected chi connectivity index (χ1v) is 4.81. The Morgan fingerprint density at radius 3 is 2.45 bits per heavy atom. The minimum atomic E-state index is -4.23. The molecule has 0 fully saturated rings. The van der Waals surface area contributed by atoms with Gasteiger partial charge < -0.3 is 0 Å². The Labute approximate surface area is 66.4 Å². The molecule has 0 aromatic carbocycles. The van der Waals surface area contributed by atoms with Crippen LogP contribution < -0.4 is 0 Å². The van der Waals surface area contributed by atoms with E-state index in [0.717, 1.165) is 6.42 Å². The Bertz CT molecular complexity index is 217. The van der Waals surface area contributed by atoms with Gasteiger partial charge >= 0.3 is 0 Å². The van der Waals surface area contributed by atoms with Gasteiger partial charge in [-0.3, -0.25) is 9.35 Å². The molecule has 0 saturated heterocycles. The lowest BCUT2D eigenvalue weighted by Crippen LogP contribution is -2.07. The average Bonchev–Trinajstić information content (AvgIpc) is 1.79. The molecule has 0 unspecified atom stereocenters. The van der Waals surface area contributed by atoms with Crippen LogP contribution >= 0.6 is 0 Å². The molecule has 0 aromatic heterocycles. The van der Waals surface area contributed by atoms with Crippen molar-refractivity contribution >= 4 is 15.9 Å². The van der Waals surface area contributed by atoms with E-state index in [1.54, 1.807) is 0 Å². The third kappa shape index (κ3) is 7.48. The van der Waals surface area contributed by atoms with Gasteiger partial charge in [-0.05, 0) is 6.42 Å². The van der Waals surface area contributed by atoms with E-state index in [-0.39, 0.29) is 6.42 Å². The first-order valence-electron chi connectivity index (χ1n) is 3.31. The second kappa shape index (κ2) is 4.46. The standard InChI is InChI=1S/C6H11O4S/c1-2-3-4-6(7)5-11(8,9)10/h5H,2-4H2,1H3,(H,8,9,10). The lowest BCUT2D eigenvalue weighted by atomic mass is 10.2. The van der Waals surface area contributed by atoms with E-state index in [4.69, 9.17) is 4.55 Å². The molecular weight excluding hydrogens is 168 g/mol. The second-order valence-electron chi connectivity index (χ2n) is 2.20. The highest BCUT2D eigenvalue weighted by Crippen LogP contribution is 2.00. The van der Waals surface area contributed by atoms with Crippen molar-refractivity contribution in [3.8, 4) is 0 Å². The van der Waals surface area contributed by atoms with Gasteiger partial charge in [0.15, 0.2) is 11.5 Å². The molecular formula is C6H11O4S. The monoisotopic (exact) mass is 179 g/mol. The van der Waals surface area contributed by atoms with Crippen molar-refractivity contribution in [2.45, 2.75) is 26.2 Å². The molecule has 0 aliphatic carbocycles. The lowest BCUT2D eigenvalue weighted by Gasteiger charge is -1.94. The number of ketones is 1. The predicted molar refractivity (Wildman–Crippen MR) is 40.4 cm³/mol. The Kier molecular flexibility index (Phi) is 4.29. The van der Waals surface area contributed by atoms with E-state index in [2.05, 4.69) is 0 Å². The lowest BCUT2D eigenvalue weighted by molar-refractivity contribution is -0.115. The van der Waals surface area contributed by atoms with Crippen molar-refractivity contribution in [3.63, 3.8) is 0 Å². The highest BCUT2D eigenvalue weighted by atomic mass is 32.2. The predicted octanol–water partition coefficient (Wildman–Crippen LogP) is 0.795. The molecule has 0 atom stereocenters. The van der Waals surface area contributed by atoms with Gasteiger partial charge in [-0.25, -0.2) is 0 Å². The van der Waals surface area contributed by atoms with Crippen molar-refractivity contribution < 1.29 is 17.8 Å². The molecule has 5 heteroatoms. The summed E-state index contributed by atoms with van der Waals surface area (Å²) in [6.45, 7) is 1.89. The van der Waals surface area contributed by atoms with Crippen LogP contribution in [0.1, 0.15) is 26.2 Å². The summed E-state index contributed by atoms with van der Waals surface area (Å²) < 4.78 is 28.4. The van der Waals surface area contributed by atoms with Gasteiger partial charge in [0.25, 0.3) is 10.1 Å². The smallest absolute Gasteiger partial charge is 0.276 e. The minimum Gasteiger partial charge on any atom is -0.298 e. The number of Topliss-reactive ketones (excluding diaryl/α,β-unsaturated/α-hetero) is 1. The minimum absolute atomic E-state index is 0.177. The van der Waals surface area contributed by atoms with E-state index in [1.165, 1.54) is 0 Å². The molecule has 0 saturated carbocycles. The topological polar surface area (TPSA) is 71.4 Å². The van der Waals surface area contributed by atoms with E-state index < -0.39 is 15.9 Å². The molecule has 1 radical (unpaired) electrons. The molecule has 0 spiro atoms. The van der Waals surface area contributed by atoms with Crippen LogP contribution in [-0.2, 0) is 14.9 Å². The molecule has 0 aromatic rings. The summed E-state index contributed by atoms with van der Waals surface area (Å²) in [6.07, 6.45) is 1.65. The molecule has 0 bridgehead atoms. The quantitative estimate of drug-likeness (QED) is 0.633. The fraction of sp³-hybridized carbons (Fsp3) is 0.667. The Balaban J connectivity index is 3.71. The van der Waals surface area contributed by atoms with Gasteiger partial charge in [-0.15, -0.1) is 0 Å². The Hall–Kier alpha value is -0.420. The fourth-order valence-electron chi connectivity index (χ4n) is 0.576. The van der Waals surface area contributed by atoms with Crippen LogP contribution in [0.3, 0.4) is 0 Å². The first kappa shape index (κ1) is 10.6. The summed E-state index contributed by atoms with van der Waals surface area (Å²) in [6, 6.07) is 0. The Morgan fingerprint density at radius 2 is 2.09 bits per heavy atom. The van der Waals surface area contributed by atoms with Gasteiger partial charge in [0.1, 0.15) is 0 Å². The summed E-state index contributed by atoms with van der Waals surface area (Å²) in [4.78, 5) is 10.6. The Morgan fingerprint density at radius 1 is 1.55 bits per heavy atom. The molecule has 0 aliphatic rings. The number of hydrogen-bond acceptors (Lipinski definition) is 3. The van der Waals surface area contributed by atoms with Crippen molar-refractivity contribution in [1.29, 1.82) is 0 Å². The number of rotatable bonds is 5. The SMILES string of the molecule is CCCCC(=O)[CH]S(=O)(=O)O. The third-order valence-corrected chi connectivity index (χ3v) is 1.62. The van der Waals surface area contributed by atoms with Crippen LogP contribution in [0.4, 0.5) is 0 Å². The van der Waals surface area contributed by atoms with Gasteiger partial charge in [-0.2, -0.15) is 8.42 Å². The zero-order chi connectivity index (χ0) is 8.91. The number of carbonyl (C=O) groups excluding carboxylic acids is 1. The van der Waals surface area contributed by atoms with E-state index >= 15 is 0 Å². The molecule has 0 rings (SSSR count). The van der Waals surface area contributed by atoms with E-state index in [1.807, 2.05) is 6.92 Å². The van der Waals surface area contributed by atoms with Crippen molar-refractivity contribution in [1.82, 2.24) is 0 Å². The molecule has 0 heterocycles. The van der Waals surface area contributed by atoms with Crippen LogP contribution in [0.2, 0.25) is 0 Å². The molecule has 65 valence electrons. The first-order chi connectivity index (χ1) is 4.95. The fourth-order valence-corrected chi connectivity index (χ4v) is 1.03. The van der Waals surface area contributed by atoms with Gasteiger partial charge in [0, 0.05) is 6.42 Å². The van der Waals surface area contributed by atoms with Crippen LogP contribution in [0.5, 0.6) is 0 Å². The third-order valence-electron chi connectivity index (χ3n) is 1.06. The van der Waals surface area contributed by atoms with Gasteiger partial charge in [0.2, 0.25) is 0 Å². The average molecular weight is 179 g/mol. The summed E-state index contributed by atoms with van der Waals surface area (Å²) in [7, 11) is -4.23. The molecule has 4 nitrogen and oxygen atoms in total. The normalized spacial score (nSPS) is 11.5.